The van der Waals surface area contributed by atoms with E-state index in [4.69, 9.17) is 5.11 Å². The molecule has 0 unspecified atom stereocenters. The summed E-state index contributed by atoms with van der Waals surface area (Å²) in [5.74, 6) is -1.22. The van der Waals surface area contributed by atoms with Crippen LogP contribution in [0.1, 0.15) is 26.2 Å². The Balaban J connectivity index is 0.000000397. The molecule has 1 atom stereocenters. The van der Waals surface area contributed by atoms with Gasteiger partial charge in [-0.1, -0.05) is 30.7 Å². The molecule has 0 aliphatic carbocycles. The zero-order chi connectivity index (χ0) is 20.7. The fraction of sp³-hybridized carbons (Fsp3) is 0.450. The summed E-state index contributed by atoms with van der Waals surface area (Å²) in [6.07, 6.45) is 4.22. The van der Waals surface area contributed by atoms with Gasteiger partial charge in [0.1, 0.15) is 6.04 Å². The van der Waals surface area contributed by atoms with Gasteiger partial charge < -0.3 is 15.3 Å². The molecule has 0 radical (unpaired) electrons. The predicted molar refractivity (Wildman–Crippen MR) is 112 cm³/mol. The third kappa shape index (κ3) is 5.67. The molecule has 28 heavy (non-hydrogen) atoms. The van der Waals surface area contributed by atoms with Crippen molar-refractivity contribution in [2.24, 2.45) is 0 Å². The number of carboxylic acids is 1. The summed E-state index contributed by atoms with van der Waals surface area (Å²) in [5.41, 5.74) is 0.890. The van der Waals surface area contributed by atoms with E-state index in [2.05, 4.69) is 10.0 Å². The first-order chi connectivity index (χ1) is 13.2. The molecule has 1 fully saturated rings. The first-order valence-corrected chi connectivity index (χ1v) is 10.9. The van der Waals surface area contributed by atoms with Crippen LogP contribution in [0.15, 0.2) is 41.3 Å². The number of fused-ring (bicyclic) bond motifs is 1. The number of rotatable bonds is 5. The van der Waals surface area contributed by atoms with E-state index in [1.807, 2.05) is 31.1 Å². The maximum absolute atomic E-state index is 12.5. The van der Waals surface area contributed by atoms with Crippen LogP contribution in [0.2, 0.25) is 0 Å². The van der Waals surface area contributed by atoms with E-state index in [0.29, 0.717) is 5.39 Å². The fourth-order valence-corrected chi connectivity index (χ4v) is 4.46. The molecule has 3 N–H and O–H groups in total. The molecule has 0 spiro atoms. The molecule has 3 rings (SSSR count). The van der Waals surface area contributed by atoms with E-state index in [1.165, 1.54) is 45.3 Å². The van der Waals surface area contributed by atoms with Gasteiger partial charge in [0.05, 0.1) is 4.90 Å². The van der Waals surface area contributed by atoms with Gasteiger partial charge in [-0.3, -0.25) is 4.79 Å². The lowest BCUT2D eigenvalue weighted by Crippen LogP contribution is -2.38. The number of nitrogens with one attached hydrogen (secondary N) is 2. The van der Waals surface area contributed by atoms with Crippen LogP contribution in [0.4, 0.5) is 5.69 Å². The zero-order valence-corrected chi connectivity index (χ0v) is 17.4. The summed E-state index contributed by atoms with van der Waals surface area (Å²) in [7, 11) is -0.172. The van der Waals surface area contributed by atoms with Crippen LogP contribution in [0, 0.1) is 0 Å². The Kier molecular flexibility index (Phi) is 7.79. The fourth-order valence-electron chi connectivity index (χ4n) is 3.04. The van der Waals surface area contributed by atoms with Crippen molar-refractivity contribution in [3.05, 3.63) is 36.4 Å². The lowest BCUT2D eigenvalue weighted by molar-refractivity contribution is -0.138. The van der Waals surface area contributed by atoms with Gasteiger partial charge in [-0.05, 0) is 45.0 Å². The molecule has 8 heteroatoms. The maximum Gasteiger partial charge on any atom is 0.321 e. The van der Waals surface area contributed by atoms with Gasteiger partial charge in [0.25, 0.3) is 0 Å². The van der Waals surface area contributed by atoms with Crippen molar-refractivity contribution < 1.29 is 18.3 Å². The van der Waals surface area contributed by atoms with Crippen LogP contribution in [0.3, 0.4) is 0 Å². The molecular weight excluding hydrogens is 378 g/mol. The van der Waals surface area contributed by atoms with Crippen LogP contribution >= 0.6 is 0 Å². The molecule has 0 amide bonds. The molecular formula is C20H29N3O4S. The third-order valence-corrected chi connectivity index (χ3v) is 6.14. The number of nitrogens with zero attached hydrogens (tertiary/aromatic N) is 1. The number of anilines is 1. The minimum absolute atomic E-state index is 0.0711. The molecule has 0 saturated carbocycles. The van der Waals surface area contributed by atoms with Crippen LogP contribution in [-0.4, -0.2) is 52.7 Å². The molecule has 1 aliphatic heterocycles. The van der Waals surface area contributed by atoms with E-state index < -0.39 is 22.0 Å². The summed E-state index contributed by atoms with van der Waals surface area (Å²) in [4.78, 5) is 12.8. The molecule has 7 nitrogen and oxygen atoms in total. The van der Waals surface area contributed by atoms with Crippen molar-refractivity contribution in [1.82, 2.24) is 10.0 Å². The normalized spacial score (nSPS) is 15.4. The molecule has 0 aromatic heterocycles. The van der Waals surface area contributed by atoms with Gasteiger partial charge >= 0.3 is 5.97 Å². The third-order valence-electron chi connectivity index (χ3n) is 4.54. The van der Waals surface area contributed by atoms with Crippen molar-refractivity contribution in [1.29, 1.82) is 0 Å². The molecule has 1 heterocycles. The summed E-state index contributed by atoms with van der Waals surface area (Å²) in [6, 6.07) is 9.14. The molecule has 0 bridgehead atoms. The van der Waals surface area contributed by atoms with Gasteiger partial charge in [0.2, 0.25) is 10.0 Å². The highest BCUT2D eigenvalue weighted by Gasteiger charge is 2.23. The van der Waals surface area contributed by atoms with E-state index >= 15 is 0 Å². The Bertz CT molecular complexity index is 897. The highest BCUT2D eigenvalue weighted by Crippen LogP contribution is 2.30. The van der Waals surface area contributed by atoms with Crippen molar-refractivity contribution in [2.45, 2.75) is 37.1 Å². The SMILES string of the molecule is C1CCNCC1.C[C@H](NS(=O)(=O)c1cccc2c(N(C)C)cccc12)C(=O)O. The summed E-state index contributed by atoms with van der Waals surface area (Å²) in [5, 5.41) is 13.5. The number of sulfonamides is 1. The van der Waals surface area contributed by atoms with Crippen molar-refractivity contribution >= 4 is 32.5 Å². The number of piperidine rings is 1. The topological polar surface area (TPSA) is 98.7 Å². The Labute approximate surface area is 166 Å². The van der Waals surface area contributed by atoms with Gasteiger partial charge in [0, 0.05) is 30.6 Å². The largest absolute Gasteiger partial charge is 0.480 e. The van der Waals surface area contributed by atoms with E-state index in [9.17, 15) is 13.2 Å². The quantitative estimate of drug-likeness (QED) is 0.704. The number of hydrogen-bond acceptors (Lipinski definition) is 5. The van der Waals surface area contributed by atoms with Crippen LogP contribution in [-0.2, 0) is 14.8 Å². The average Bonchev–Trinajstić information content (AvgIpc) is 2.68. The van der Waals surface area contributed by atoms with Gasteiger partial charge in [-0.2, -0.15) is 4.72 Å². The second-order valence-electron chi connectivity index (χ2n) is 7.01. The second kappa shape index (κ2) is 9.86. The maximum atomic E-state index is 12.5. The van der Waals surface area contributed by atoms with Gasteiger partial charge in [-0.25, -0.2) is 8.42 Å². The van der Waals surface area contributed by atoms with Crippen LogP contribution in [0.25, 0.3) is 10.8 Å². The summed E-state index contributed by atoms with van der Waals surface area (Å²) >= 11 is 0. The van der Waals surface area contributed by atoms with Crippen LogP contribution in [0.5, 0.6) is 0 Å². The van der Waals surface area contributed by atoms with Gasteiger partial charge in [-0.15, -0.1) is 0 Å². The first-order valence-electron chi connectivity index (χ1n) is 9.39. The number of hydrogen-bond donors (Lipinski definition) is 3. The Morgan fingerprint density at radius 1 is 1.07 bits per heavy atom. The van der Waals surface area contributed by atoms with E-state index in [1.54, 1.807) is 18.2 Å². The Morgan fingerprint density at radius 3 is 2.18 bits per heavy atom. The highest BCUT2D eigenvalue weighted by atomic mass is 32.2. The lowest BCUT2D eigenvalue weighted by atomic mass is 10.1. The summed E-state index contributed by atoms with van der Waals surface area (Å²) < 4.78 is 27.1. The Morgan fingerprint density at radius 2 is 1.68 bits per heavy atom. The second-order valence-corrected chi connectivity index (χ2v) is 8.70. The summed E-state index contributed by atoms with van der Waals surface area (Å²) in [6.45, 7) is 3.79. The average molecular weight is 408 g/mol. The smallest absolute Gasteiger partial charge is 0.321 e. The van der Waals surface area contributed by atoms with E-state index in [0.717, 1.165) is 11.1 Å². The van der Waals surface area contributed by atoms with E-state index in [-0.39, 0.29) is 4.90 Å². The highest BCUT2D eigenvalue weighted by molar-refractivity contribution is 7.89. The number of carbonyl (C=O) groups is 1. The van der Waals surface area contributed by atoms with Crippen molar-refractivity contribution in [2.75, 3.05) is 32.1 Å². The zero-order valence-electron chi connectivity index (χ0n) is 16.6. The molecule has 2 aromatic rings. The standard InChI is InChI=1S/C15H18N2O4S.C5H11N/c1-10(15(18)19)16-22(20,21)14-9-5-6-11-12(14)7-4-8-13(11)17(2)3;1-2-4-6-5-3-1/h4-10,16H,1-3H3,(H,18,19);6H,1-5H2/t10-;/m0./s1. The molecule has 154 valence electrons. The minimum Gasteiger partial charge on any atom is -0.480 e. The minimum atomic E-state index is -3.92. The van der Waals surface area contributed by atoms with Gasteiger partial charge in [0.15, 0.2) is 0 Å². The Hall–Kier alpha value is -2.16. The number of carboxylic acid groups (broad SMARTS) is 1. The number of aliphatic carboxylic acids is 1. The lowest BCUT2D eigenvalue weighted by Gasteiger charge is -2.17. The molecule has 2 aromatic carbocycles. The first kappa shape index (κ1) is 22.1. The number of benzene rings is 2. The van der Waals surface area contributed by atoms with Crippen molar-refractivity contribution in [3.8, 4) is 0 Å². The predicted octanol–water partition coefficient (Wildman–Crippen LogP) is 2.42. The molecule has 1 aliphatic rings. The van der Waals surface area contributed by atoms with Crippen LogP contribution < -0.4 is 14.9 Å². The van der Waals surface area contributed by atoms with Crippen molar-refractivity contribution in [3.63, 3.8) is 0 Å². The monoisotopic (exact) mass is 407 g/mol. The molecule has 1 saturated heterocycles.